The number of fused-ring (bicyclic) bond motifs is 4. The van der Waals surface area contributed by atoms with E-state index in [1.165, 1.54) is 0 Å². The molecule has 2 aliphatic rings. The third kappa shape index (κ3) is 6.56. The Balaban J connectivity index is 1.27. The monoisotopic (exact) mass is 794 g/mol. The zero-order valence-corrected chi connectivity index (χ0v) is 34.3. The minimum absolute atomic E-state index is 0.158. The second-order valence-corrected chi connectivity index (χ2v) is 15.7. The quantitative estimate of drug-likeness (QED) is 0.176. The van der Waals surface area contributed by atoms with E-state index in [0.29, 0.717) is 0 Å². The van der Waals surface area contributed by atoms with Crippen molar-refractivity contribution in [2.75, 3.05) is 7.11 Å². The number of aliphatic hydroxyl groups is 1. The molecule has 2 aliphatic carbocycles. The Hall–Kier alpha value is -7.88. The average molecular weight is 795 g/mol. The molecule has 0 aliphatic heterocycles. The zero-order valence-electron chi connectivity index (χ0n) is 34.3. The standard InChI is InChI=1S/C60H42O2/c1-62-58-35-34-50(41-57(58)60(39-37-44-18-6-3-7-19-44)54-26-14-10-22-47(54)30-31-48-23-11-15-27-55(48)60)49-32-33-51(42-61)56(40-49)59(38-36-43-16-4-2-5-17-43)52-24-12-8-20-45(52)28-29-46-21-9-13-25-53(46)59/h2-35,40-41,61H,42H2,1H3. The molecule has 0 unspecified atom stereocenters. The molecular formula is C60H42O2. The van der Waals surface area contributed by atoms with Crippen LogP contribution in [0.2, 0.25) is 0 Å². The van der Waals surface area contributed by atoms with Crippen LogP contribution in [-0.2, 0) is 17.4 Å². The van der Waals surface area contributed by atoms with Gasteiger partial charge in [-0.1, -0.05) is 200 Å². The van der Waals surface area contributed by atoms with Crippen molar-refractivity contribution >= 4 is 24.3 Å². The summed E-state index contributed by atoms with van der Waals surface area (Å²) in [7, 11) is 1.74. The second-order valence-electron chi connectivity index (χ2n) is 15.7. The van der Waals surface area contributed by atoms with Gasteiger partial charge in [0.1, 0.15) is 16.6 Å². The number of aliphatic hydroxyl groups excluding tert-OH is 1. The van der Waals surface area contributed by atoms with Crippen molar-refractivity contribution in [3.8, 4) is 40.6 Å². The average Bonchev–Trinajstić information content (AvgIpc) is 3.58. The van der Waals surface area contributed by atoms with Crippen molar-refractivity contribution < 1.29 is 9.84 Å². The summed E-state index contributed by atoms with van der Waals surface area (Å²) in [6.45, 7) is -0.158. The molecule has 0 atom stereocenters. The highest BCUT2D eigenvalue weighted by Gasteiger charge is 2.43. The van der Waals surface area contributed by atoms with Crippen molar-refractivity contribution in [3.05, 3.63) is 266 Å². The topological polar surface area (TPSA) is 29.5 Å². The third-order valence-corrected chi connectivity index (χ3v) is 12.3. The summed E-state index contributed by atoms with van der Waals surface area (Å²) >= 11 is 0. The first-order valence-corrected chi connectivity index (χ1v) is 21.0. The highest BCUT2D eigenvalue weighted by molar-refractivity contribution is 5.85. The Kier molecular flexibility index (Phi) is 10.1. The van der Waals surface area contributed by atoms with Gasteiger partial charge in [-0.05, 0) is 109 Å². The predicted molar refractivity (Wildman–Crippen MR) is 254 cm³/mol. The molecule has 0 saturated carbocycles. The number of ether oxygens (including phenoxy) is 1. The molecule has 62 heavy (non-hydrogen) atoms. The summed E-state index contributed by atoms with van der Waals surface area (Å²) in [5.41, 5.74) is 13.2. The van der Waals surface area contributed by atoms with Crippen molar-refractivity contribution in [1.82, 2.24) is 0 Å². The lowest BCUT2D eigenvalue weighted by Gasteiger charge is -2.35. The molecule has 0 saturated heterocycles. The first-order chi connectivity index (χ1) is 30.6. The van der Waals surface area contributed by atoms with E-state index in [1.807, 2.05) is 48.5 Å². The molecule has 2 nitrogen and oxygen atoms in total. The van der Waals surface area contributed by atoms with Crippen LogP contribution in [0.25, 0.3) is 35.4 Å². The molecule has 1 N–H and O–H groups in total. The summed E-state index contributed by atoms with van der Waals surface area (Å²) in [5.74, 6) is 15.7. The molecule has 0 amide bonds. The van der Waals surface area contributed by atoms with Crippen molar-refractivity contribution in [3.63, 3.8) is 0 Å². The van der Waals surface area contributed by atoms with Gasteiger partial charge in [-0.2, -0.15) is 0 Å². The van der Waals surface area contributed by atoms with E-state index in [-0.39, 0.29) is 6.61 Å². The van der Waals surface area contributed by atoms with E-state index >= 15 is 0 Å². The lowest BCUT2D eigenvalue weighted by molar-refractivity contribution is 0.280. The van der Waals surface area contributed by atoms with Crippen LogP contribution in [0.15, 0.2) is 194 Å². The SMILES string of the molecule is COc1ccc(-c2ccc(CO)c(C3(C#Cc4ccccc4)c4ccccc4C=Cc4ccccc43)c2)cc1C1(C#Cc2ccccc2)c2ccccc2C=Cc2ccccc21. The van der Waals surface area contributed by atoms with Crippen LogP contribution < -0.4 is 4.74 Å². The van der Waals surface area contributed by atoms with Crippen molar-refractivity contribution in [2.24, 2.45) is 0 Å². The zero-order chi connectivity index (χ0) is 41.9. The fourth-order valence-corrected chi connectivity index (χ4v) is 9.37. The van der Waals surface area contributed by atoms with Crippen LogP contribution in [0.1, 0.15) is 72.3 Å². The number of benzene rings is 8. The summed E-state index contributed by atoms with van der Waals surface area (Å²) < 4.78 is 6.33. The first kappa shape index (κ1) is 38.3. The van der Waals surface area contributed by atoms with Gasteiger partial charge in [-0.25, -0.2) is 0 Å². The molecule has 2 heteroatoms. The maximum atomic E-state index is 11.3. The summed E-state index contributed by atoms with van der Waals surface area (Å²) in [6, 6.07) is 67.3. The van der Waals surface area contributed by atoms with E-state index in [0.717, 1.165) is 89.2 Å². The van der Waals surface area contributed by atoms with E-state index in [4.69, 9.17) is 4.74 Å². The molecule has 0 aromatic heterocycles. The number of hydrogen-bond donors (Lipinski definition) is 1. The number of methoxy groups -OCH3 is 1. The summed E-state index contributed by atoms with van der Waals surface area (Å²) in [6.07, 6.45) is 8.77. The summed E-state index contributed by atoms with van der Waals surface area (Å²) in [5, 5.41) is 11.3. The Morgan fingerprint density at radius 1 is 0.403 bits per heavy atom. The number of hydrogen-bond acceptors (Lipinski definition) is 2. The maximum Gasteiger partial charge on any atom is 0.124 e. The molecule has 0 bridgehead atoms. The predicted octanol–water partition coefficient (Wildman–Crippen LogP) is 12.6. The highest BCUT2D eigenvalue weighted by atomic mass is 16.5. The van der Waals surface area contributed by atoms with Gasteiger partial charge in [-0.3, -0.25) is 0 Å². The van der Waals surface area contributed by atoms with Gasteiger partial charge in [0.15, 0.2) is 0 Å². The van der Waals surface area contributed by atoms with Gasteiger partial charge in [0.2, 0.25) is 0 Å². The van der Waals surface area contributed by atoms with E-state index in [1.54, 1.807) is 7.11 Å². The molecule has 8 aromatic rings. The van der Waals surface area contributed by atoms with Crippen molar-refractivity contribution in [1.29, 1.82) is 0 Å². The molecule has 294 valence electrons. The molecule has 0 spiro atoms. The van der Waals surface area contributed by atoms with E-state index < -0.39 is 10.8 Å². The second kappa shape index (κ2) is 16.3. The fraction of sp³-hybridized carbons (Fsp3) is 0.0667. The Labute approximate surface area is 364 Å². The smallest absolute Gasteiger partial charge is 0.124 e. The van der Waals surface area contributed by atoms with E-state index in [9.17, 15) is 5.11 Å². The Morgan fingerprint density at radius 2 is 0.774 bits per heavy atom. The molecule has 0 heterocycles. The Morgan fingerprint density at radius 3 is 1.19 bits per heavy atom. The van der Waals surface area contributed by atoms with Gasteiger partial charge in [0.05, 0.1) is 13.7 Å². The lowest BCUT2D eigenvalue weighted by Crippen LogP contribution is -2.31. The van der Waals surface area contributed by atoms with Gasteiger partial charge in [-0.15, -0.1) is 0 Å². The minimum atomic E-state index is -0.955. The largest absolute Gasteiger partial charge is 0.496 e. The van der Waals surface area contributed by atoms with Crippen LogP contribution in [0.4, 0.5) is 0 Å². The molecule has 10 rings (SSSR count). The minimum Gasteiger partial charge on any atom is -0.496 e. The Bertz CT molecular complexity index is 2850. The van der Waals surface area contributed by atoms with Gasteiger partial charge in [0, 0.05) is 16.7 Å². The highest BCUT2D eigenvalue weighted by Crippen LogP contribution is 2.50. The molecular weight excluding hydrogens is 753 g/mol. The van der Waals surface area contributed by atoms with Crippen LogP contribution >= 0.6 is 0 Å². The molecule has 8 aromatic carbocycles. The van der Waals surface area contributed by atoms with Crippen LogP contribution in [0.3, 0.4) is 0 Å². The van der Waals surface area contributed by atoms with Gasteiger partial charge in [0.25, 0.3) is 0 Å². The van der Waals surface area contributed by atoms with E-state index in [2.05, 4.69) is 194 Å². The van der Waals surface area contributed by atoms with Crippen LogP contribution in [0.5, 0.6) is 5.75 Å². The van der Waals surface area contributed by atoms with Crippen LogP contribution in [-0.4, -0.2) is 12.2 Å². The lowest BCUT2D eigenvalue weighted by atomic mass is 9.66. The molecule has 0 fully saturated rings. The van der Waals surface area contributed by atoms with Gasteiger partial charge >= 0.3 is 0 Å². The molecule has 0 radical (unpaired) electrons. The number of rotatable bonds is 5. The summed E-state index contributed by atoms with van der Waals surface area (Å²) in [4.78, 5) is 0. The normalized spacial score (nSPS) is 13.6. The van der Waals surface area contributed by atoms with Gasteiger partial charge < -0.3 is 9.84 Å². The third-order valence-electron chi connectivity index (χ3n) is 12.3. The van der Waals surface area contributed by atoms with Crippen LogP contribution in [0, 0.1) is 23.7 Å². The fourth-order valence-electron chi connectivity index (χ4n) is 9.37. The maximum absolute atomic E-state index is 11.3. The van der Waals surface area contributed by atoms with Crippen molar-refractivity contribution in [2.45, 2.75) is 17.4 Å². The first-order valence-electron chi connectivity index (χ1n) is 21.0.